The van der Waals surface area contributed by atoms with Gasteiger partial charge in [-0.25, -0.2) is 0 Å². The molecular formula is C42H46N2O8. The molecule has 0 radical (unpaired) electrons. The van der Waals surface area contributed by atoms with Crippen LogP contribution in [0.1, 0.15) is 38.8 Å². The van der Waals surface area contributed by atoms with E-state index in [2.05, 4.69) is 0 Å². The van der Waals surface area contributed by atoms with E-state index < -0.39 is 47.4 Å². The lowest BCUT2D eigenvalue weighted by Gasteiger charge is -2.48. The zero-order chi connectivity index (χ0) is 37.4. The molecule has 1 aliphatic rings. The van der Waals surface area contributed by atoms with E-state index >= 15 is 0 Å². The van der Waals surface area contributed by atoms with E-state index in [1.807, 2.05) is 113 Å². The van der Waals surface area contributed by atoms with E-state index in [0.29, 0.717) is 23.0 Å². The number of hydrogen-bond acceptors (Lipinski definition) is 6. The quantitative estimate of drug-likeness (QED) is 0.122. The SMILES string of the molecule is CC(C)CN(Cc1ccc(Oc2ccccc2)cc1)C(=O)C1C(C(=O)O)C(C(=O)O)C1C(=O)N(Cc1ccc(Oc2ccccc2)cc1)CC(C)C. The number of benzene rings is 4. The average Bonchev–Trinajstić information content (AvgIpc) is 3.09. The number of rotatable bonds is 16. The molecular weight excluding hydrogens is 660 g/mol. The van der Waals surface area contributed by atoms with Crippen LogP contribution in [0.3, 0.4) is 0 Å². The standard InChI is InChI=1S/C42H46N2O8/c1-27(2)23-43(25-29-15-19-33(20-16-29)51-31-11-7-5-8-12-31)39(45)35-36(38(42(49)50)37(35)41(47)48)40(46)44(24-28(3)4)26-30-17-21-34(22-18-30)52-32-13-9-6-10-14-32/h5-22,27-28,35-38H,23-26H2,1-4H3,(H,47,48)(H,49,50). The minimum absolute atomic E-state index is 0.0173. The van der Waals surface area contributed by atoms with Gasteiger partial charge in [0.05, 0.1) is 23.7 Å². The summed E-state index contributed by atoms with van der Waals surface area (Å²) in [6, 6.07) is 33.2. The normalized spacial score (nSPS) is 18.0. The average molecular weight is 707 g/mol. The predicted molar refractivity (Wildman–Crippen MR) is 196 cm³/mol. The van der Waals surface area contributed by atoms with Gasteiger partial charge < -0.3 is 29.5 Å². The maximum atomic E-state index is 14.4. The zero-order valence-electron chi connectivity index (χ0n) is 29.9. The lowest BCUT2D eigenvalue weighted by Crippen LogP contribution is -2.64. The minimum atomic E-state index is -1.55. The first-order valence-corrected chi connectivity index (χ1v) is 17.6. The molecule has 4 atom stereocenters. The maximum Gasteiger partial charge on any atom is 0.308 e. The predicted octanol–water partition coefficient (Wildman–Crippen LogP) is 7.59. The van der Waals surface area contributed by atoms with E-state index in [9.17, 15) is 29.4 Å². The van der Waals surface area contributed by atoms with Gasteiger partial charge in [-0.05, 0) is 71.5 Å². The summed E-state index contributed by atoms with van der Waals surface area (Å²) in [7, 11) is 0. The molecule has 0 aliphatic heterocycles. The van der Waals surface area contributed by atoms with E-state index in [1.54, 1.807) is 34.1 Å². The van der Waals surface area contributed by atoms with E-state index in [1.165, 1.54) is 0 Å². The highest BCUT2D eigenvalue weighted by molar-refractivity contribution is 5.99. The first-order valence-electron chi connectivity index (χ1n) is 17.6. The van der Waals surface area contributed by atoms with Crippen molar-refractivity contribution < 1.29 is 38.9 Å². The second-order valence-corrected chi connectivity index (χ2v) is 14.1. The fraction of sp³-hybridized carbons (Fsp3) is 0.333. The van der Waals surface area contributed by atoms with Crippen molar-refractivity contribution in [3.63, 3.8) is 0 Å². The molecule has 1 fully saturated rings. The molecule has 4 aromatic carbocycles. The molecule has 2 N–H and O–H groups in total. The van der Waals surface area contributed by atoms with Crippen LogP contribution in [-0.2, 0) is 32.3 Å². The van der Waals surface area contributed by atoms with E-state index in [0.717, 1.165) is 11.1 Å². The van der Waals surface area contributed by atoms with Crippen molar-refractivity contribution in [3.05, 3.63) is 120 Å². The third-order valence-electron chi connectivity index (χ3n) is 9.03. The molecule has 1 aliphatic carbocycles. The molecule has 10 nitrogen and oxygen atoms in total. The van der Waals surface area contributed by atoms with Gasteiger partial charge >= 0.3 is 11.9 Å². The number of carboxylic acid groups (broad SMARTS) is 2. The second kappa shape index (κ2) is 17.0. The van der Waals surface area contributed by atoms with Crippen molar-refractivity contribution in [2.75, 3.05) is 13.1 Å². The van der Waals surface area contributed by atoms with Crippen LogP contribution in [0, 0.1) is 35.5 Å². The number of amides is 2. The first-order chi connectivity index (χ1) is 24.9. The Labute approximate surface area is 304 Å². The Morgan fingerprint density at radius 2 is 0.808 bits per heavy atom. The first kappa shape index (κ1) is 37.6. The Kier molecular flexibility index (Phi) is 12.3. The van der Waals surface area contributed by atoms with Gasteiger partial charge in [0.1, 0.15) is 23.0 Å². The summed E-state index contributed by atoms with van der Waals surface area (Å²) in [6.07, 6.45) is 0. The van der Waals surface area contributed by atoms with Crippen molar-refractivity contribution in [2.45, 2.75) is 40.8 Å². The number of carboxylic acids is 2. The van der Waals surface area contributed by atoms with Gasteiger partial charge in [-0.3, -0.25) is 19.2 Å². The summed E-state index contributed by atoms with van der Waals surface area (Å²) >= 11 is 0. The fourth-order valence-corrected chi connectivity index (χ4v) is 6.76. The molecule has 2 amide bonds. The van der Waals surface area contributed by atoms with Crippen LogP contribution in [0.25, 0.3) is 0 Å². The van der Waals surface area contributed by atoms with Gasteiger partial charge in [-0.1, -0.05) is 88.4 Å². The number of ether oxygens (including phenoxy) is 2. The highest BCUT2D eigenvalue weighted by Gasteiger charge is 2.64. The van der Waals surface area contributed by atoms with Crippen LogP contribution in [0.4, 0.5) is 0 Å². The largest absolute Gasteiger partial charge is 0.481 e. The summed E-state index contributed by atoms with van der Waals surface area (Å²) in [5.41, 5.74) is 1.55. The molecule has 272 valence electrons. The van der Waals surface area contributed by atoms with Gasteiger partial charge in [-0.2, -0.15) is 0 Å². The van der Waals surface area contributed by atoms with Crippen molar-refractivity contribution in [2.24, 2.45) is 35.5 Å². The second-order valence-electron chi connectivity index (χ2n) is 14.1. The van der Waals surface area contributed by atoms with Crippen LogP contribution in [0.2, 0.25) is 0 Å². The van der Waals surface area contributed by atoms with Crippen molar-refractivity contribution >= 4 is 23.8 Å². The van der Waals surface area contributed by atoms with Gasteiger partial charge in [0, 0.05) is 26.2 Å². The lowest BCUT2D eigenvalue weighted by molar-refractivity contribution is -0.188. The highest BCUT2D eigenvalue weighted by atomic mass is 16.5. The van der Waals surface area contributed by atoms with Crippen molar-refractivity contribution in [3.8, 4) is 23.0 Å². The fourth-order valence-electron chi connectivity index (χ4n) is 6.76. The topological polar surface area (TPSA) is 134 Å². The molecule has 1 saturated carbocycles. The summed E-state index contributed by atoms with van der Waals surface area (Å²) < 4.78 is 11.8. The molecule has 4 unspecified atom stereocenters. The summed E-state index contributed by atoms with van der Waals surface area (Å²) in [4.78, 5) is 57.1. The Bertz CT molecular complexity index is 1680. The minimum Gasteiger partial charge on any atom is -0.481 e. The number of aliphatic carboxylic acids is 2. The summed E-state index contributed by atoms with van der Waals surface area (Å²) in [5.74, 6) is -7.09. The van der Waals surface area contributed by atoms with Crippen LogP contribution in [0.15, 0.2) is 109 Å². The summed E-state index contributed by atoms with van der Waals surface area (Å²) in [6.45, 7) is 8.64. The van der Waals surface area contributed by atoms with E-state index in [4.69, 9.17) is 9.47 Å². The molecule has 5 rings (SSSR count). The van der Waals surface area contributed by atoms with Crippen molar-refractivity contribution in [1.29, 1.82) is 0 Å². The Morgan fingerprint density at radius 3 is 1.10 bits per heavy atom. The van der Waals surface area contributed by atoms with E-state index in [-0.39, 0.29) is 38.0 Å². The summed E-state index contributed by atoms with van der Waals surface area (Å²) in [5, 5.41) is 20.5. The lowest BCUT2D eigenvalue weighted by atomic mass is 9.55. The highest BCUT2D eigenvalue weighted by Crippen LogP contribution is 2.49. The number of nitrogens with zero attached hydrogens (tertiary/aromatic N) is 2. The van der Waals surface area contributed by atoms with Gasteiger partial charge in [0.25, 0.3) is 0 Å². The van der Waals surface area contributed by atoms with Gasteiger partial charge in [0.2, 0.25) is 11.8 Å². The van der Waals surface area contributed by atoms with Crippen LogP contribution < -0.4 is 9.47 Å². The smallest absolute Gasteiger partial charge is 0.308 e. The molecule has 0 heterocycles. The van der Waals surface area contributed by atoms with Gasteiger partial charge in [-0.15, -0.1) is 0 Å². The van der Waals surface area contributed by atoms with Crippen LogP contribution in [-0.4, -0.2) is 56.9 Å². The number of hydrogen-bond donors (Lipinski definition) is 2. The Morgan fingerprint density at radius 1 is 0.500 bits per heavy atom. The Hall–Kier alpha value is -5.64. The monoisotopic (exact) mass is 706 g/mol. The molecule has 10 heteroatoms. The molecule has 52 heavy (non-hydrogen) atoms. The number of para-hydroxylation sites is 2. The van der Waals surface area contributed by atoms with Gasteiger partial charge in [0.15, 0.2) is 0 Å². The maximum absolute atomic E-state index is 14.4. The molecule has 0 spiro atoms. The van der Waals surface area contributed by atoms with Crippen LogP contribution in [0.5, 0.6) is 23.0 Å². The molecule has 0 bridgehead atoms. The van der Waals surface area contributed by atoms with Crippen LogP contribution >= 0.6 is 0 Å². The molecule has 0 saturated heterocycles. The third-order valence-corrected chi connectivity index (χ3v) is 9.03. The molecule has 4 aromatic rings. The number of carbonyl (C=O) groups excluding carboxylic acids is 2. The third kappa shape index (κ3) is 9.37. The molecule has 0 aromatic heterocycles. The zero-order valence-corrected chi connectivity index (χ0v) is 29.9. The number of carbonyl (C=O) groups is 4. The Balaban J connectivity index is 1.38. The van der Waals surface area contributed by atoms with Crippen molar-refractivity contribution in [1.82, 2.24) is 9.80 Å².